The second kappa shape index (κ2) is 4.04. The van der Waals surface area contributed by atoms with Crippen LogP contribution in [0.15, 0.2) is 11.1 Å². The average molecular weight is 248 g/mol. The van der Waals surface area contributed by atoms with Crippen LogP contribution in [0.25, 0.3) is 0 Å². The van der Waals surface area contributed by atoms with E-state index in [0.717, 1.165) is 30.4 Å². The van der Waals surface area contributed by atoms with Gasteiger partial charge in [-0.25, -0.2) is 0 Å². The quantitative estimate of drug-likeness (QED) is 0.709. The van der Waals surface area contributed by atoms with Crippen molar-refractivity contribution in [2.45, 2.75) is 60.3 Å². The molecule has 2 rings (SSSR count). The molecule has 0 aliphatic heterocycles. The van der Waals surface area contributed by atoms with Crippen LogP contribution < -0.4 is 0 Å². The van der Waals surface area contributed by atoms with Crippen molar-refractivity contribution in [3.8, 4) is 0 Å². The van der Waals surface area contributed by atoms with E-state index in [1.165, 1.54) is 0 Å². The smallest absolute Gasteiger partial charge is 0.159 e. The molecule has 2 aliphatic rings. The Kier molecular flexibility index (Phi) is 3.03. The van der Waals surface area contributed by atoms with E-state index in [-0.39, 0.29) is 22.4 Å². The minimum absolute atomic E-state index is 0.0887. The number of allylic oxidation sites excluding steroid dienone is 2. The third-order valence-electron chi connectivity index (χ3n) is 5.34. The lowest BCUT2D eigenvalue weighted by Gasteiger charge is -2.54. The van der Waals surface area contributed by atoms with Gasteiger partial charge in [0.1, 0.15) is 0 Å². The molecule has 0 N–H and O–H groups in total. The zero-order valence-electron chi connectivity index (χ0n) is 12.2. The van der Waals surface area contributed by atoms with Crippen LogP contribution >= 0.6 is 0 Å². The minimum atomic E-state index is -0.0917. The van der Waals surface area contributed by atoms with E-state index < -0.39 is 0 Å². The summed E-state index contributed by atoms with van der Waals surface area (Å²) >= 11 is 0. The highest BCUT2D eigenvalue weighted by molar-refractivity contribution is 6.07. The molecule has 0 heterocycles. The normalized spacial score (nSPS) is 35.4. The largest absolute Gasteiger partial charge is 0.295 e. The van der Waals surface area contributed by atoms with Gasteiger partial charge in [0.05, 0.1) is 0 Å². The van der Waals surface area contributed by atoms with Crippen LogP contribution in [0, 0.1) is 16.7 Å². The summed E-state index contributed by atoms with van der Waals surface area (Å²) in [6.45, 7) is 10.1. The zero-order valence-corrected chi connectivity index (χ0v) is 12.2. The van der Waals surface area contributed by atoms with E-state index in [1.807, 2.05) is 6.92 Å². The maximum atomic E-state index is 12.2. The number of rotatable bonds is 1. The maximum Gasteiger partial charge on any atom is 0.159 e. The number of ketones is 2. The highest BCUT2D eigenvalue weighted by Gasteiger charge is 2.53. The van der Waals surface area contributed by atoms with Gasteiger partial charge in [0, 0.05) is 17.4 Å². The van der Waals surface area contributed by atoms with Gasteiger partial charge in [-0.1, -0.05) is 27.2 Å². The number of carbonyl (C=O) groups is 2. The second-order valence-corrected chi connectivity index (χ2v) is 7.00. The van der Waals surface area contributed by atoms with Gasteiger partial charge >= 0.3 is 0 Å². The summed E-state index contributed by atoms with van der Waals surface area (Å²) in [4.78, 5) is 24.2. The van der Waals surface area contributed by atoms with Crippen LogP contribution in [-0.4, -0.2) is 11.6 Å². The number of hydrogen-bond acceptors (Lipinski definition) is 2. The lowest BCUT2D eigenvalue weighted by atomic mass is 9.49. The Morgan fingerprint density at radius 1 is 1.22 bits per heavy atom. The molecule has 0 aromatic heterocycles. The number of hydrogen-bond donors (Lipinski definition) is 0. The van der Waals surface area contributed by atoms with E-state index in [1.54, 1.807) is 6.92 Å². The van der Waals surface area contributed by atoms with Crippen molar-refractivity contribution in [3.63, 3.8) is 0 Å². The van der Waals surface area contributed by atoms with Crippen LogP contribution in [0.4, 0.5) is 0 Å². The minimum Gasteiger partial charge on any atom is -0.295 e. The standard InChI is InChI=1S/C16H24O2/c1-10-12(18)9-13-15(3,4)7-6-8-16(13,5)14(10)11(2)17/h13H,6-9H2,1-5H3/t13-,16-/m0/s1. The molecule has 0 aromatic carbocycles. The topological polar surface area (TPSA) is 34.1 Å². The fraction of sp³-hybridized carbons (Fsp3) is 0.750. The molecular formula is C16H24O2. The van der Waals surface area contributed by atoms with Gasteiger partial charge in [-0.15, -0.1) is 0 Å². The van der Waals surface area contributed by atoms with Gasteiger partial charge in [-0.3, -0.25) is 9.59 Å². The number of Topliss-reactive ketones (excluding diaryl/α,β-unsaturated/α-hetero) is 2. The second-order valence-electron chi connectivity index (χ2n) is 7.00. The molecular weight excluding hydrogens is 224 g/mol. The zero-order chi connectivity index (χ0) is 13.7. The Hall–Kier alpha value is -0.920. The molecule has 0 bridgehead atoms. The Labute approximate surface area is 110 Å². The summed E-state index contributed by atoms with van der Waals surface area (Å²) in [6, 6.07) is 0. The molecule has 18 heavy (non-hydrogen) atoms. The van der Waals surface area contributed by atoms with Gasteiger partial charge in [-0.05, 0) is 43.6 Å². The van der Waals surface area contributed by atoms with E-state index in [9.17, 15) is 9.59 Å². The summed E-state index contributed by atoms with van der Waals surface area (Å²) in [6.07, 6.45) is 3.97. The van der Waals surface area contributed by atoms with E-state index in [4.69, 9.17) is 0 Å². The van der Waals surface area contributed by atoms with Crippen LogP contribution in [0.2, 0.25) is 0 Å². The van der Waals surface area contributed by atoms with Crippen LogP contribution in [-0.2, 0) is 9.59 Å². The molecule has 2 nitrogen and oxygen atoms in total. The molecule has 2 aliphatic carbocycles. The average Bonchev–Trinajstić information content (AvgIpc) is 2.21. The molecule has 0 radical (unpaired) electrons. The molecule has 0 unspecified atom stereocenters. The van der Waals surface area contributed by atoms with Crippen LogP contribution in [0.3, 0.4) is 0 Å². The highest BCUT2D eigenvalue weighted by Crippen LogP contribution is 2.58. The van der Waals surface area contributed by atoms with E-state index >= 15 is 0 Å². The van der Waals surface area contributed by atoms with E-state index in [2.05, 4.69) is 20.8 Å². The number of fused-ring (bicyclic) bond motifs is 1. The van der Waals surface area contributed by atoms with Crippen molar-refractivity contribution in [3.05, 3.63) is 11.1 Å². The van der Waals surface area contributed by atoms with Crippen molar-refractivity contribution in [2.24, 2.45) is 16.7 Å². The Bertz CT molecular complexity index is 442. The summed E-state index contributed by atoms with van der Waals surface area (Å²) in [7, 11) is 0. The summed E-state index contributed by atoms with van der Waals surface area (Å²) < 4.78 is 0. The van der Waals surface area contributed by atoms with E-state index in [0.29, 0.717) is 12.3 Å². The Morgan fingerprint density at radius 3 is 2.39 bits per heavy atom. The fourth-order valence-electron chi connectivity index (χ4n) is 4.50. The first kappa shape index (κ1) is 13.5. The van der Waals surface area contributed by atoms with Crippen molar-refractivity contribution in [1.29, 1.82) is 0 Å². The van der Waals surface area contributed by atoms with Crippen molar-refractivity contribution < 1.29 is 9.59 Å². The lowest BCUT2D eigenvalue weighted by molar-refractivity contribution is -0.125. The molecule has 1 saturated carbocycles. The number of carbonyl (C=O) groups excluding carboxylic acids is 2. The first-order valence-corrected chi connectivity index (χ1v) is 6.95. The summed E-state index contributed by atoms with van der Waals surface area (Å²) in [5, 5.41) is 0. The fourth-order valence-corrected chi connectivity index (χ4v) is 4.50. The predicted molar refractivity (Wildman–Crippen MR) is 72.2 cm³/mol. The van der Waals surface area contributed by atoms with Gasteiger partial charge in [0.25, 0.3) is 0 Å². The molecule has 0 amide bonds. The molecule has 2 heteroatoms. The van der Waals surface area contributed by atoms with Gasteiger partial charge < -0.3 is 0 Å². The monoisotopic (exact) mass is 248 g/mol. The van der Waals surface area contributed by atoms with Crippen molar-refractivity contribution in [2.75, 3.05) is 0 Å². The molecule has 0 spiro atoms. The molecule has 0 saturated heterocycles. The maximum absolute atomic E-state index is 12.2. The Morgan fingerprint density at radius 2 is 1.83 bits per heavy atom. The van der Waals surface area contributed by atoms with Gasteiger partial charge in [0.15, 0.2) is 11.6 Å². The third-order valence-corrected chi connectivity index (χ3v) is 5.34. The Balaban J connectivity index is 2.60. The first-order valence-electron chi connectivity index (χ1n) is 6.95. The molecule has 2 atom stereocenters. The van der Waals surface area contributed by atoms with Gasteiger partial charge in [-0.2, -0.15) is 0 Å². The van der Waals surface area contributed by atoms with Crippen LogP contribution in [0.1, 0.15) is 60.3 Å². The first-order chi connectivity index (χ1) is 8.20. The van der Waals surface area contributed by atoms with Gasteiger partial charge in [0.2, 0.25) is 0 Å². The molecule has 1 fully saturated rings. The molecule has 0 aromatic rings. The van der Waals surface area contributed by atoms with Crippen LogP contribution in [0.5, 0.6) is 0 Å². The predicted octanol–water partition coefficient (Wildman–Crippen LogP) is 3.70. The highest BCUT2D eigenvalue weighted by atomic mass is 16.1. The van der Waals surface area contributed by atoms with Crippen molar-refractivity contribution in [1.82, 2.24) is 0 Å². The third kappa shape index (κ3) is 1.77. The summed E-state index contributed by atoms with van der Waals surface area (Å²) in [5.74, 6) is 0.581. The molecule has 100 valence electrons. The lowest BCUT2D eigenvalue weighted by Crippen LogP contribution is -2.48. The summed E-state index contributed by atoms with van der Waals surface area (Å²) in [5.41, 5.74) is 1.60. The SMILES string of the molecule is CC(=O)C1=C(C)C(=O)C[C@H]2C(C)(C)CCC[C@]12C. The van der Waals surface area contributed by atoms with Crippen molar-refractivity contribution >= 4 is 11.6 Å².